The number of hydrogen-bond acceptors (Lipinski definition) is 4. The average Bonchev–Trinajstić information content (AvgIpc) is 3.13. The smallest absolute Gasteiger partial charge is 0.264 e. The Hall–Kier alpha value is -2.02. The van der Waals surface area contributed by atoms with E-state index in [2.05, 4.69) is 24.3 Å². The molecule has 0 spiro atoms. The minimum atomic E-state index is -3.93. The summed E-state index contributed by atoms with van der Waals surface area (Å²) in [6.07, 6.45) is 3.16. The van der Waals surface area contributed by atoms with Crippen LogP contribution in [0.3, 0.4) is 0 Å². The highest BCUT2D eigenvalue weighted by atomic mass is 32.2. The minimum Gasteiger partial charge on any atom is -0.286 e. The van der Waals surface area contributed by atoms with Crippen molar-refractivity contribution < 1.29 is 13.0 Å². The van der Waals surface area contributed by atoms with Crippen molar-refractivity contribution in [2.45, 2.75) is 18.8 Å². The van der Waals surface area contributed by atoms with Gasteiger partial charge in [-0.05, 0) is 36.1 Å². The van der Waals surface area contributed by atoms with Gasteiger partial charge in [-0.25, -0.2) is 4.98 Å². The Morgan fingerprint density at radius 1 is 1.08 bits per heavy atom. The molecule has 1 heterocycles. The molecule has 4 rings (SSSR count). The summed E-state index contributed by atoms with van der Waals surface area (Å²) in [4.78, 5) is 4.81. The molecular formula is C19H17NO3S2. The lowest BCUT2D eigenvalue weighted by atomic mass is 9.94. The fourth-order valence-corrected chi connectivity index (χ4v) is 5.01. The van der Waals surface area contributed by atoms with Crippen molar-refractivity contribution >= 4 is 37.7 Å². The van der Waals surface area contributed by atoms with Crippen LogP contribution in [0.4, 0.5) is 0 Å². The third kappa shape index (κ3) is 3.38. The summed E-state index contributed by atoms with van der Waals surface area (Å²) in [5.74, 6) is -0.150. The van der Waals surface area contributed by atoms with E-state index >= 15 is 0 Å². The van der Waals surface area contributed by atoms with E-state index in [0.717, 1.165) is 26.4 Å². The van der Waals surface area contributed by atoms with Gasteiger partial charge in [-0.15, -0.1) is 11.3 Å². The van der Waals surface area contributed by atoms with Crippen LogP contribution in [0.15, 0.2) is 54.1 Å². The average molecular weight is 371 g/mol. The second kappa shape index (κ2) is 6.37. The number of aromatic nitrogens is 1. The monoisotopic (exact) mass is 371 g/mol. The van der Waals surface area contributed by atoms with Gasteiger partial charge >= 0.3 is 0 Å². The molecule has 0 amide bonds. The van der Waals surface area contributed by atoms with Gasteiger partial charge in [0.25, 0.3) is 10.1 Å². The summed E-state index contributed by atoms with van der Waals surface area (Å²) >= 11 is 1.68. The molecule has 1 aromatic heterocycles. The van der Waals surface area contributed by atoms with Gasteiger partial charge in [-0.3, -0.25) is 4.55 Å². The standard InChI is InChI=1S/C19H17NO3S2/c21-25(22,23)11-5-7-14-12-13-6-1-2-8-15(13)18(14)19-20-16-9-3-4-10-17(16)24-19/h1-4,6,8-10,12,18H,5,7,11H2,(H,21,22,23). The Morgan fingerprint density at radius 3 is 2.64 bits per heavy atom. The second-order valence-corrected chi connectivity index (χ2v) is 8.82. The van der Waals surface area contributed by atoms with E-state index in [-0.39, 0.29) is 11.7 Å². The fourth-order valence-electron chi connectivity index (χ4n) is 3.37. The van der Waals surface area contributed by atoms with Gasteiger partial charge in [0.15, 0.2) is 0 Å². The zero-order valence-corrected chi connectivity index (χ0v) is 15.1. The maximum atomic E-state index is 11.0. The lowest BCUT2D eigenvalue weighted by molar-refractivity contribution is 0.481. The van der Waals surface area contributed by atoms with Crippen molar-refractivity contribution in [3.8, 4) is 0 Å². The highest BCUT2D eigenvalue weighted by molar-refractivity contribution is 7.85. The maximum absolute atomic E-state index is 11.0. The lowest BCUT2D eigenvalue weighted by Gasteiger charge is -2.14. The summed E-state index contributed by atoms with van der Waals surface area (Å²) in [7, 11) is -3.93. The van der Waals surface area contributed by atoms with Crippen molar-refractivity contribution in [3.05, 3.63) is 70.2 Å². The first-order chi connectivity index (χ1) is 12.0. The van der Waals surface area contributed by atoms with E-state index in [1.165, 1.54) is 5.56 Å². The van der Waals surface area contributed by atoms with Crippen LogP contribution >= 0.6 is 11.3 Å². The quantitative estimate of drug-likeness (QED) is 0.671. The summed E-state index contributed by atoms with van der Waals surface area (Å²) in [6, 6.07) is 16.3. The summed E-state index contributed by atoms with van der Waals surface area (Å²) < 4.78 is 32.2. The first kappa shape index (κ1) is 16.4. The lowest BCUT2D eigenvalue weighted by Crippen LogP contribution is -2.06. The molecule has 1 unspecified atom stereocenters. The SMILES string of the molecule is O=S(=O)(O)CCCC1=Cc2ccccc2C1c1nc2ccccc2s1. The Morgan fingerprint density at radius 2 is 1.84 bits per heavy atom. The number of benzene rings is 2. The molecule has 2 aromatic carbocycles. The predicted molar refractivity (Wildman–Crippen MR) is 102 cm³/mol. The van der Waals surface area contributed by atoms with Gasteiger partial charge in [0, 0.05) is 0 Å². The van der Waals surface area contributed by atoms with Crippen LogP contribution in [0.2, 0.25) is 0 Å². The van der Waals surface area contributed by atoms with Crippen LogP contribution in [0.25, 0.3) is 16.3 Å². The van der Waals surface area contributed by atoms with E-state index in [1.807, 2.05) is 30.3 Å². The highest BCUT2D eigenvalue weighted by Gasteiger charge is 2.29. The number of rotatable bonds is 5. The van der Waals surface area contributed by atoms with E-state index in [4.69, 9.17) is 9.54 Å². The minimum absolute atomic E-state index is 0.0648. The molecule has 1 aliphatic carbocycles. The zero-order chi connectivity index (χ0) is 17.4. The molecule has 0 fully saturated rings. The maximum Gasteiger partial charge on any atom is 0.264 e. The largest absolute Gasteiger partial charge is 0.286 e. The molecule has 128 valence electrons. The first-order valence-electron chi connectivity index (χ1n) is 8.11. The van der Waals surface area contributed by atoms with Gasteiger partial charge in [0.05, 0.1) is 21.9 Å². The van der Waals surface area contributed by atoms with Gasteiger partial charge < -0.3 is 0 Å². The Labute approximate surface area is 150 Å². The molecule has 0 radical (unpaired) electrons. The van der Waals surface area contributed by atoms with Gasteiger partial charge in [-0.2, -0.15) is 8.42 Å². The molecule has 0 saturated carbocycles. The molecular weight excluding hydrogens is 354 g/mol. The summed E-state index contributed by atoms with van der Waals surface area (Å²) in [6.45, 7) is 0. The van der Waals surface area contributed by atoms with Crippen LogP contribution in [0, 0.1) is 0 Å². The topological polar surface area (TPSA) is 67.3 Å². The second-order valence-electron chi connectivity index (χ2n) is 6.19. The van der Waals surface area contributed by atoms with E-state index < -0.39 is 10.1 Å². The van der Waals surface area contributed by atoms with Crippen LogP contribution < -0.4 is 0 Å². The predicted octanol–water partition coefficient (Wildman–Crippen LogP) is 4.49. The number of thiazole rings is 1. The Bertz CT molecular complexity index is 1030. The van der Waals surface area contributed by atoms with E-state index in [9.17, 15) is 8.42 Å². The summed E-state index contributed by atoms with van der Waals surface area (Å²) in [5.41, 5.74) is 4.52. The third-order valence-corrected chi connectivity index (χ3v) is 6.35. The number of para-hydroxylation sites is 1. The van der Waals surface area contributed by atoms with Crippen molar-refractivity contribution in [1.82, 2.24) is 4.98 Å². The normalized spacial score (nSPS) is 16.8. The molecule has 25 heavy (non-hydrogen) atoms. The Balaban J connectivity index is 1.70. The van der Waals surface area contributed by atoms with Gasteiger partial charge in [-0.1, -0.05) is 48.0 Å². The number of fused-ring (bicyclic) bond motifs is 2. The van der Waals surface area contributed by atoms with Crippen LogP contribution in [-0.4, -0.2) is 23.7 Å². The van der Waals surface area contributed by atoms with Gasteiger partial charge in [0.2, 0.25) is 0 Å². The van der Waals surface area contributed by atoms with Crippen molar-refractivity contribution in [2.24, 2.45) is 0 Å². The molecule has 6 heteroatoms. The van der Waals surface area contributed by atoms with Crippen LogP contribution in [0.1, 0.15) is 34.9 Å². The number of allylic oxidation sites excluding steroid dienone is 1. The molecule has 0 bridgehead atoms. The van der Waals surface area contributed by atoms with Crippen molar-refractivity contribution in [1.29, 1.82) is 0 Å². The van der Waals surface area contributed by atoms with Crippen molar-refractivity contribution in [3.63, 3.8) is 0 Å². The zero-order valence-electron chi connectivity index (χ0n) is 13.4. The van der Waals surface area contributed by atoms with Crippen LogP contribution in [-0.2, 0) is 10.1 Å². The first-order valence-corrected chi connectivity index (χ1v) is 10.5. The fraction of sp³-hybridized carbons (Fsp3) is 0.211. The van der Waals surface area contributed by atoms with Gasteiger partial charge in [0.1, 0.15) is 5.01 Å². The highest BCUT2D eigenvalue weighted by Crippen LogP contribution is 2.44. The van der Waals surface area contributed by atoms with E-state index in [1.54, 1.807) is 11.3 Å². The van der Waals surface area contributed by atoms with Crippen molar-refractivity contribution in [2.75, 3.05) is 5.75 Å². The molecule has 4 nitrogen and oxygen atoms in total. The molecule has 1 atom stereocenters. The van der Waals surface area contributed by atoms with E-state index in [0.29, 0.717) is 12.8 Å². The Kier molecular flexibility index (Phi) is 4.19. The third-order valence-electron chi connectivity index (χ3n) is 4.44. The molecule has 0 saturated heterocycles. The molecule has 3 aromatic rings. The summed E-state index contributed by atoms with van der Waals surface area (Å²) in [5, 5.41) is 1.03. The molecule has 1 N–H and O–H groups in total. The number of nitrogens with zero attached hydrogens (tertiary/aromatic N) is 1. The molecule has 0 aliphatic heterocycles. The molecule has 1 aliphatic rings. The number of hydrogen-bond donors (Lipinski definition) is 1. The van der Waals surface area contributed by atoms with Crippen LogP contribution in [0.5, 0.6) is 0 Å².